The molecule has 1 amide bonds. The van der Waals surface area contributed by atoms with Gasteiger partial charge in [-0.1, -0.05) is 43.7 Å². The van der Waals surface area contributed by atoms with E-state index < -0.39 is 0 Å². The molecule has 1 atom stereocenters. The van der Waals surface area contributed by atoms with Crippen LogP contribution in [0.15, 0.2) is 30.3 Å². The zero-order valence-electron chi connectivity index (χ0n) is 11.8. The maximum atomic E-state index is 11.8. The molecule has 1 aromatic carbocycles. The van der Waals surface area contributed by atoms with Crippen molar-refractivity contribution >= 4 is 5.91 Å². The van der Waals surface area contributed by atoms with Gasteiger partial charge in [0, 0.05) is 11.6 Å². The highest BCUT2D eigenvalue weighted by molar-refractivity contribution is 5.75. The third-order valence-electron chi connectivity index (χ3n) is 2.90. The molecule has 0 bridgehead atoms. The minimum atomic E-state index is -0.0945. The molecule has 0 radical (unpaired) electrons. The molecule has 2 rings (SSSR count). The van der Waals surface area contributed by atoms with Gasteiger partial charge in [0.2, 0.25) is 11.7 Å². The van der Waals surface area contributed by atoms with E-state index in [1.54, 1.807) is 0 Å². The molecule has 20 heavy (non-hydrogen) atoms. The van der Waals surface area contributed by atoms with Crippen LogP contribution in [0.4, 0.5) is 0 Å². The van der Waals surface area contributed by atoms with Crippen molar-refractivity contribution in [2.45, 2.75) is 39.3 Å². The molecule has 0 saturated heterocycles. The lowest BCUT2D eigenvalue weighted by Crippen LogP contribution is -2.35. The number of carbonyl (C=O) groups is 1. The average molecular weight is 273 g/mol. The van der Waals surface area contributed by atoms with Crippen LogP contribution in [0, 0.1) is 0 Å². The van der Waals surface area contributed by atoms with Crippen LogP contribution in [0.3, 0.4) is 0 Å². The number of nitrogens with one attached hydrogen (secondary N) is 1. The smallest absolute Gasteiger partial charge is 0.243 e. The molecule has 0 aliphatic heterocycles. The highest BCUT2D eigenvalue weighted by Crippen LogP contribution is 2.11. The van der Waals surface area contributed by atoms with E-state index in [0.717, 1.165) is 18.4 Å². The summed E-state index contributed by atoms with van der Waals surface area (Å²) in [5.74, 6) is 0.433. The van der Waals surface area contributed by atoms with Gasteiger partial charge in [-0.2, -0.15) is 4.80 Å². The summed E-state index contributed by atoms with van der Waals surface area (Å²) in [5.41, 5.74) is 0.888. The van der Waals surface area contributed by atoms with Crippen LogP contribution in [0.5, 0.6) is 0 Å². The van der Waals surface area contributed by atoms with Crippen LogP contribution in [-0.2, 0) is 11.3 Å². The predicted molar refractivity (Wildman–Crippen MR) is 75.8 cm³/mol. The molecule has 0 saturated carbocycles. The van der Waals surface area contributed by atoms with Gasteiger partial charge in [-0.3, -0.25) is 4.79 Å². The molecule has 1 aromatic heterocycles. The van der Waals surface area contributed by atoms with E-state index in [2.05, 4.69) is 27.7 Å². The van der Waals surface area contributed by atoms with Crippen LogP contribution < -0.4 is 5.32 Å². The Kier molecular flexibility index (Phi) is 4.81. The summed E-state index contributed by atoms with van der Waals surface area (Å²) in [6.45, 7) is 4.17. The van der Waals surface area contributed by atoms with Crippen LogP contribution in [0.1, 0.15) is 26.7 Å². The highest BCUT2D eigenvalue weighted by atomic mass is 16.2. The quantitative estimate of drug-likeness (QED) is 0.868. The molecule has 1 unspecified atom stereocenters. The number of benzene rings is 1. The zero-order valence-corrected chi connectivity index (χ0v) is 11.8. The Balaban J connectivity index is 1.95. The summed E-state index contributed by atoms with van der Waals surface area (Å²) >= 11 is 0. The van der Waals surface area contributed by atoms with Gasteiger partial charge < -0.3 is 5.32 Å². The number of hydrogen-bond acceptors (Lipinski definition) is 4. The van der Waals surface area contributed by atoms with Crippen molar-refractivity contribution in [2.75, 3.05) is 0 Å². The predicted octanol–water partition coefficient (Wildman–Crippen LogP) is 1.64. The zero-order chi connectivity index (χ0) is 14.4. The van der Waals surface area contributed by atoms with E-state index in [9.17, 15) is 4.79 Å². The van der Waals surface area contributed by atoms with Crippen molar-refractivity contribution in [3.63, 3.8) is 0 Å². The first-order valence-electron chi connectivity index (χ1n) is 6.81. The molecule has 106 valence electrons. The van der Waals surface area contributed by atoms with Crippen LogP contribution >= 0.6 is 0 Å². The van der Waals surface area contributed by atoms with Gasteiger partial charge >= 0.3 is 0 Å². The summed E-state index contributed by atoms with van der Waals surface area (Å²) < 4.78 is 0. The van der Waals surface area contributed by atoms with Gasteiger partial charge in [0.25, 0.3) is 0 Å². The molecule has 1 N–H and O–H groups in total. The fraction of sp³-hybridized carbons (Fsp3) is 0.429. The Morgan fingerprint density at radius 2 is 2.10 bits per heavy atom. The Hall–Kier alpha value is -2.24. The normalized spacial score (nSPS) is 12.1. The first kappa shape index (κ1) is 14.2. The minimum absolute atomic E-state index is 0.0912. The second-order valence-electron chi connectivity index (χ2n) is 4.77. The van der Waals surface area contributed by atoms with Crippen LogP contribution in [0.2, 0.25) is 0 Å². The van der Waals surface area contributed by atoms with Crippen molar-refractivity contribution in [1.29, 1.82) is 0 Å². The molecule has 0 aliphatic rings. The van der Waals surface area contributed by atoms with E-state index in [0.29, 0.717) is 5.82 Å². The molecular weight excluding hydrogens is 254 g/mol. The van der Waals surface area contributed by atoms with Crippen LogP contribution in [0.25, 0.3) is 11.4 Å². The number of carbonyl (C=O) groups excluding carboxylic acids is 1. The molecule has 6 nitrogen and oxygen atoms in total. The van der Waals surface area contributed by atoms with Crippen molar-refractivity contribution in [3.8, 4) is 11.4 Å². The molecule has 2 aromatic rings. The fourth-order valence-corrected chi connectivity index (χ4v) is 1.97. The number of nitrogens with zero attached hydrogens (tertiary/aromatic N) is 4. The third-order valence-corrected chi connectivity index (χ3v) is 2.90. The van der Waals surface area contributed by atoms with E-state index in [4.69, 9.17) is 0 Å². The summed E-state index contributed by atoms with van der Waals surface area (Å²) in [5, 5.41) is 15.0. The molecule has 0 spiro atoms. The first-order valence-corrected chi connectivity index (χ1v) is 6.81. The Bertz CT molecular complexity index is 552. The number of rotatable bonds is 6. The maximum Gasteiger partial charge on any atom is 0.243 e. The molecule has 0 fully saturated rings. The lowest BCUT2D eigenvalue weighted by Gasteiger charge is -2.11. The summed E-state index contributed by atoms with van der Waals surface area (Å²) in [6.07, 6.45) is 2.01. The number of tetrazole rings is 1. The van der Waals surface area contributed by atoms with Crippen molar-refractivity contribution in [3.05, 3.63) is 30.3 Å². The molecule has 1 heterocycles. The number of amides is 1. The highest BCUT2D eigenvalue weighted by Gasteiger charge is 2.10. The van der Waals surface area contributed by atoms with Gasteiger partial charge in [-0.25, -0.2) is 0 Å². The van der Waals surface area contributed by atoms with E-state index >= 15 is 0 Å². The summed E-state index contributed by atoms with van der Waals surface area (Å²) in [4.78, 5) is 13.1. The number of hydrogen-bond donors (Lipinski definition) is 1. The number of aromatic nitrogens is 4. The Morgan fingerprint density at radius 3 is 2.80 bits per heavy atom. The van der Waals surface area contributed by atoms with E-state index in [-0.39, 0.29) is 18.5 Å². The SMILES string of the molecule is CCCC(C)NC(=O)Cn1nnc(-c2ccccc2)n1. The Morgan fingerprint density at radius 1 is 1.35 bits per heavy atom. The van der Waals surface area contributed by atoms with Gasteiger partial charge in [0.15, 0.2) is 0 Å². The lowest BCUT2D eigenvalue weighted by molar-refractivity contribution is -0.122. The second-order valence-corrected chi connectivity index (χ2v) is 4.77. The van der Waals surface area contributed by atoms with Gasteiger partial charge in [0.05, 0.1) is 0 Å². The largest absolute Gasteiger partial charge is 0.352 e. The summed E-state index contributed by atoms with van der Waals surface area (Å²) in [7, 11) is 0. The fourth-order valence-electron chi connectivity index (χ4n) is 1.97. The first-order chi connectivity index (χ1) is 9.69. The third kappa shape index (κ3) is 3.88. The second kappa shape index (κ2) is 6.79. The minimum Gasteiger partial charge on any atom is -0.352 e. The molecular formula is C14H19N5O. The standard InChI is InChI=1S/C14H19N5O/c1-3-7-11(2)15-13(20)10-19-17-14(16-18-19)12-8-5-4-6-9-12/h4-6,8-9,11H,3,7,10H2,1-2H3,(H,15,20). The van der Waals surface area contributed by atoms with Crippen molar-refractivity contribution < 1.29 is 4.79 Å². The van der Waals surface area contributed by atoms with Gasteiger partial charge in [-0.15, -0.1) is 10.2 Å². The summed E-state index contributed by atoms with van der Waals surface area (Å²) in [6, 6.07) is 9.74. The lowest BCUT2D eigenvalue weighted by atomic mass is 10.2. The van der Waals surface area contributed by atoms with E-state index in [1.807, 2.05) is 37.3 Å². The monoisotopic (exact) mass is 273 g/mol. The van der Waals surface area contributed by atoms with Crippen molar-refractivity contribution in [2.24, 2.45) is 0 Å². The van der Waals surface area contributed by atoms with Crippen molar-refractivity contribution in [1.82, 2.24) is 25.5 Å². The van der Waals surface area contributed by atoms with Gasteiger partial charge in [0.1, 0.15) is 6.54 Å². The van der Waals surface area contributed by atoms with Gasteiger partial charge in [-0.05, 0) is 18.6 Å². The Labute approximate surface area is 118 Å². The maximum absolute atomic E-state index is 11.8. The average Bonchev–Trinajstić information content (AvgIpc) is 2.88. The van der Waals surface area contributed by atoms with Crippen LogP contribution in [-0.4, -0.2) is 32.2 Å². The molecule has 0 aliphatic carbocycles. The topological polar surface area (TPSA) is 72.7 Å². The van der Waals surface area contributed by atoms with E-state index in [1.165, 1.54) is 4.80 Å². The molecule has 6 heteroatoms.